The van der Waals surface area contributed by atoms with Crippen LogP contribution in [0.4, 0.5) is 0 Å². The van der Waals surface area contributed by atoms with Gasteiger partial charge in [-0.05, 0) is 23.8 Å². The number of carbonyl (C=O) groups excluding carboxylic acids is 2. The molecule has 0 saturated heterocycles. The molecule has 6 nitrogen and oxygen atoms in total. The Hall–Kier alpha value is -2.54. The van der Waals surface area contributed by atoms with Gasteiger partial charge in [0.2, 0.25) is 5.91 Å². The lowest BCUT2D eigenvalue weighted by molar-refractivity contribution is -0.145. The Morgan fingerprint density at radius 2 is 1.73 bits per heavy atom. The van der Waals surface area contributed by atoms with Crippen molar-refractivity contribution in [3.63, 3.8) is 0 Å². The molecule has 1 atom stereocenters. The van der Waals surface area contributed by atoms with Gasteiger partial charge in [-0.3, -0.25) is 4.79 Å². The Bertz CT molecular complexity index is 776. The second-order valence-electron chi connectivity index (χ2n) is 5.43. The van der Waals surface area contributed by atoms with E-state index in [1.807, 2.05) is 0 Å². The Kier molecular flexibility index (Phi) is 7.03. The van der Waals surface area contributed by atoms with Crippen molar-refractivity contribution < 1.29 is 23.8 Å². The molecule has 2 aromatic rings. The number of hydrogen-bond donors (Lipinski definition) is 1. The molecule has 0 aliphatic carbocycles. The fourth-order valence-electron chi connectivity index (χ4n) is 2.43. The van der Waals surface area contributed by atoms with E-state index in [0.717, 1.165) is 4.47 Å². The summed E-state index contributed by atoms with van der Waals surface area (Å²) in [5.41, 5.74) is 1.32. The molecule has 138 valence electrons. The second-order valence-corrected chi connectivity index (χ2v) is 6.35. The first kappa shape index (κ1) is 19.8. The zero-order chi connectivity index (χ0) is 19.1. The van der Waals surface area contributed by atoms with Crippen LogP contribution in [0, 0.1) is 0 Å². The maximum atomic E-state index is 12.5. The summed E-state index contributed by atoms with van der Waals surface area (Å²) in [6.07, 6.45) is 0.0528. The lowest BCUT2D eigenvalue weighted by atomic mass is 10.1. The molecule has 0 aromatic heterocycles. The van der Waals surface area contributed by atoms with Crippen molar-refractivity contribution in [2.45, 2.75) is 12.5 Å². The Balaban J connectivity index is 2.17. The van der Waals surface area contributed by atoms with E-state index in [-0.39, 0.29) is 12.3 Å². The highest BCUT2D eigenvalue weighted by molar-refractivity contribution is 9.10. The third-order valence-electron chi connectivity index (χ3n) is 3.79. The summed E-state index contributed by atoms with van der Waals surface area (Å²) < 4.78 is 16.1. The third kappa shape index (κ3) is 4.98. The van der Waals surface area contributed by atoms with Crippen LogP contribution < -0.4 is 14.8 Å². The highest BCUT2D eigenvalue weighted by Gasteiger charge is 2.24. The summed E-state index contributed by atoms with van der Waals surface area (Å²) in [6, 6.07) is 11.4. The molecular formula is C19H20BrNO5. The van der Waals surface area contributed by atoms with Crippen molar-refractivity contribution in [3.8, 4) is 11.5 Å². The van der Waals surface area contributed by atoms with E-state index in [4.69, 9.17) is 14.2 Å². The van der Waals surface area contributed by atoms with Crippen molar-refractivity contribution in [1.82, 2.24) is 5.32 Å². The summed E-state index contributed by atoms with van der Waals surface area (Å²) in [5, 5.41) is 2.72. The van der Waals surface area contributed by atoms with Crippen molar-refractivity contribution in [3.05, 3.63) is 58.1 Å². The average molecular weight is 422 g/mol. The predicted octanol–water partition coefficient (Wildman–Crippen LogP) is 3.04. The van der Waals surface area contributed by atoms with Crippen LogP contribution in [-0.2, 0) is 20.7 Å². The molecule has 0 unspecified atom stereocenters. The lowest BCUT2D eigenvalue weighted by Gasteiger charge is -2.18. The Morgan fingerprint density at radius 3 is 2.31 bits per heavy atom. The van der Waals surface area contributed by atoms with Crippen molar-refractivity contribution in [1.29, 1.82) is 0 Å². The molecule has 0 spiro atoms. The van der Waals surface area contributed by atoms with Crippen LogP contribution in [0.15, 0.2) is 46.9 Å². The monoisotopic (exact) mass is 421 g/mol. The minimum Gasteiger partial charge on any atom is -0.497 e. The molecular weight excluding hydrogens is 402 g/mol. The number of hydrogen-bond acceptors (Lipinski definition) is 5. The number of halogens is 1. The van der Waals surface area contributed by atoms with E-state index >= 15 is 0 Å². The van der Waals surface area contributed by atoms with Crippen LogP contribution in [0.25, 0.3) is 0 Å². The fourth-order valence-corrected chi connectivity index (χ4v) is 2.70. The van der Waals surface area contributed by atoms with Gasteiger partial charge in [-0.25, -0.2) is 4.79 Å². The maximum absolute atomic E-state index is 12.5. The molecule has 0 aliphatic rings. The van der Waals surface area contributed by atoms with Gasteiger partial charge in [0.25, 0.3) is 0 Å². The number of rotatable bonds is 7. The minimum atomic E-state index is -0.884. The standard InChI is InChI=1S/C19H20BrNO5/c1-24-15-9-6-13(16(11-15)25-2)10-17(22)21-18(19(23)26-3)12-4-7-14(20)8-5-12/h4-9,11,18H,10H2,1-3H3,(H,21,22)/t18-/m0/s1. The summed E-state index contributed by atoms with van der Waals surface area (Å²) in [5.74, 6) is 0.306. The van der Waals surface area contributed by atoms with Gasteiger partial charge in [0, 0.05) is 16.1 Å². The maximum Gasteiger partial charge on any atom is 0.333 e. The van der Waals surface area contributed by atoms with Gasteiger partial charge >= 0.3 is 5.97 Å². The molecule has 0 fully saturated rings. The fraction of sp³-hybridized carbons (Fsp3) is 0.263. The molecule has 1 N–H and O–H groups in total. The molecule has 26 heavy (non-hydrogen) atoms. The molecule has 0 saturated carbocycles. The van der Waals surface area contributed by atoms with Crippen LogP contribution in [0.5, 0.6) is 11.5 Å². The molecule has 0 bridgehead atoms. The number of carbonyl (C=O) groups is 2. The molecule has 0 radical (unpaired) electrons. The van der Waals surface area contributed by atoms with Gasteiger partial charge in [-0.1, -0.05) is 34.1 Å². The topological polar surface area (TPSA) is 73.9 Å². The van der Waals surface area contributed by atoms with E-state index in [1.165, 1.54) is 14.2 Å². The largest absolute Gasteiger partial charge is 0.497 e. The normalized spacial score (nSPS) is 11.4. The van der Waals surface area contributed by atoms with E-state index < -0.39 is 12.0 Å². The Morgan fingerprint density at radius 1 is 1.04 bits per heavy atom. The lowest BCUT2D eigenvalue weighted by Crippen LogP contribution is -2.35. The number of nitrogens with one attached hydrogen (secondary N) is 1. The van der Waals surface area contributed by atoms with Crippen LogP contribution in [-0.4, -0.2) is 33.2 Å². The molecule has 2 aromatic carbocycles. The van der Waals surface area contributed by atoms with Crippen LogP contribution in [0.1, 0.15) is 17.2 Å². The highest BCUT2D eigenvalue weighted by atomic mass is 79.9. The molecule has 2 rings (SSSR count). The van der Waals surface area contributed by atoms with E-state index in [2.05, 4.69) is 21.2 Å². The summed E-state index contributed by atoms with van der Waals surface area (Å²) in [6.45, 7) is 0. The minimum absolute atomic E-state index is 0.0528. The van der Waals surface area contributed by atoms with Crippen LogP contribution in [0.3, 0.4) is 0 Å². The molecule has 0 aliphatic heterocycles. The molecule has 1 amide bonds. The van der Waals surface area contributed by atoms with Gasteiger partial charge in [-0.15, -0.1) is 0 Å². The summed E-state index contributed by atoms with van der Waals surface area (Å²) in [4.78, 5) is 24.6. The number of ether oxygens (including phenoxy) is 3. The van der Waals surface area contributed by atoms with Gasteiger partial charge < -0.3 is 19.5 Å². The van der Waals surface area contributed by atoms with Gasteiger partial charge in [0.1, 0.15) is 11.5 Å². The van der Waals surface area contributed by atoms with Crippen molar-refractivity contribution in [2.24, 2.45) is 0 Å². The third-order valence-corrected chi connectivity index (χ3v) is 4.32. The van der Waals surface area contributed by atoms with Gasteiger partial charge in [0.15, 0.2) is 6.04 Å². The summed E-state index contributed by atoms with van der Waals surface area (Å²) in [7, 11) is 4.36. The first-order valence-corrected chi connectivity index (χ1v) is 8.61. The quantitative estimate of drug-likeness (QED) is 0.695. The van der Waals surface area contributed by atoms with E-state index in [9.17, 15) is 9.59 Å². The van der Waals surface area contributed by atoms with Crippen LogP contribution in [0.2, 0.25) is 0 Å². The number of methoxy groups -OCH3 is 3. The zero-order valence-corrected chi connectivity index (χ0v) is 16.3. The first-order chi connectivity index (χ1) is 12.5. The second kappa shape index (κ2) is 9.24. The van der Waals surface area contributed by atoms with Gasteiger partial charge in [-0.2, -0.15) is 0 Å². The zero-order valence-electron chi connectivity index (χ0n) is 14.7. The first-order valence-electron chi connectivity index (χ1n) is 7.82. The smallest absolute Gasteiger partial charge is 0.333 e. The van der Waals surface area contributed by atoms with Crippen molar-refractivity contribution in [2.75, 3.05) is 21.3 Å². The predicted molar refractivity (Wildman–Crippen MR) is 100 cm³/mol. The highest BCUT2D eigenvalue weighted by Crippen LogP contribution is 2.25. The molecule has 7 heteroatoms. The number of amides is 1. The molecule has 0 heterocycles. The average Bonchev–Trinajstić information content (AvgIpc) is 2.66. The van der Waals surface area contributed by atoms with Crippen molar-refractivity contribution >= 4 is 27.8 Å². The number of benzene rings is 2. The number of esters is 1. The Labute approximate surface area is 160 Å². The summed E-state index contributed by atoms with van der Waals surface area (Å²) >= 11 is 3.34. The van der Waals surface area contributed by atoms with E-state index in [0.29, 0.717) is 22.6 Å². The van der Waals surface area contributed by atoms with Gasteiger partial charge in [0.05, 0.1) is 27.8 Å². The van der Waals surface area contributed by atoms with E-state index in [1.54, 1.807) is 49.6 Å². The SMILES string of the molecule is COC(=O)[C@@H](NC(=O)Cc1ccc(OC)cc1OC)c1ccc(Br)cc1. The van der Waals surface area contributed by atoms with Crippen LogP contribution >= 0.6 is 15.9 Å².